The molecule has 1 saturated heterocycles. The predicted octanol–water partition coefficient (Wildman–Crippen LogP) is 5.11. The summed E-state index contributed by atoms with van der Waals surface area (Å²) in [4.78, 5) is 31.5. The highest BCUT2D eigenvalue weighted by molar-refractivity contribution is 7.13. The fourth-order valence-electron chi connectivity index (χ4n) is 4.00. The molecule has 0 spiro atoms. The molecule has 1 amide bonds. The maximum Gasteiger partial charge on any atom is 0.273 e. The molecular weight excluding hydrogens is 380 g/mol. The van der Waals surface area contributed by atoms with Gasteiger partial charge in [-0.3, -0.25) is 9.59 Å². The number of carbonyl (C=O) groups excluding carboxylic acids is 2. The number of rotatable bonds is 5. The molecule has 1 unspecified atom stereocenters. The maximum absolute atomic E-state index is 13.1. The Kier molecular flexibility index (Phi) is 5.86. The van der Waals surface area contributed by atoms with Crippen LogP contribution in [0, 0.1) is 5.92 Å². The number of hydrogen-bond donors (Lipinski definition) is 0. The van der Waals surface area contributed by atoms with Gasteiger partial charge in [0.2, 0.25) is 0 Å². The first-order valence-electron chi connectivity index (χ1n) is 10.0. The zero-order valence-corrected chi connectivity index (χ0v) is 17.3. The van der Waals surface area contributed by atoms with E-state index in [1.807, 2.05) is 34.5 Å². The van der Waals surface area contributed by atoms with Crippen LogP contribution in [-0.4, -0.2) is 34.7 Å². The molecule has 1 fully saturated rings. The lowest BCUT2D eigenvalue weighted by Crippen LogP contribution is -2.40. The smallest absolute Gasteiger partial charge is 0.273 e. The zero-order chi connectivity index (χ0) is 20.2. The highest BCUT2D eigenvalue weighted by atomic mass is 32.1. The Morgan fingerprint density at radius 1 is 1.10 bits per heavy atom. The fourth-order valence-corrected chi connectivity index (χ4v) is 4.83. The van der Waals surface area contributed by atoms with Crippen LogP contribution < -0.4 is 0 Å². The third-order valence-corrected chi connectivity index (χ3v) is 6.31. The van der Waals surface area contributed by atoms with Crippen molar-refractivity contribution in [2.24, 2.45) is 5.92 Å². The largest absolute Gasteiger partial charge is 0.337 e. The molecule has 29 heavy (non-hydrogen) atoms. The van der Waals surface area contributed by atoms with Crippen molar-refractivity contribution in [1.29, 1.82) is 0 Å². The number of Topliss-reactive ketones (excluding diaryl/α,β-unsaturated/α-hetero) is 1. The van der Waals surface area contributed by atoms with Crippen LogP contribution in [0.3, 0.4) is 0 Å². The Balaban J connectivity index is 1.48. The standard InChI is InChI=1S/C24H24N2O2S/c1-17(27)20-11-5-6-12-21(20)23-25-22(16-29-23)24(28)26-13-7-10-19(15-26)14-18-8-3-2-4-9-18/h2-6,8-9,11-12,16,19H,7,10,13-15H2,1H3. The molecule has 2 aromatic carbocycles. The summed E-state index contributed by atoms with van der Waals surface area (Å²) in [7, 11) is 0. The van der Waals surface area contributed by atoms with E-state index in [0.29, 0.717) is 17.2 Å². The quantitative estimate of drug-likeness (QED) is 0.556. The predicted molar refractivity (Wildman–Crippen MR) is 116 cm³/mol. The van der Waals surface area contributed by atoms with Gasteiger partial charge in [0, 0.05) is 29.6 Å². The lowest BCUT2D eigenvalue weighted by molar-refractivity contribution is 0.0668. The minimum atomic E-state index is -0.00873. The van der Waals surface area contributed by atoms with Gasteiger partial charge in [-0.05, 0) is 37.7 Å². The maximum atomic E-state index is 13.1. The molecule has 1 aromatic heterocycles. The van der Waals surface area contributed by atoms with Crippen LogP contribution in [0.25, 0.3) is 10.6 Å². The molecule has 0 aliphatic carbocycles. The molecule has 1 atom stereocenters. The summed E-state index contributed by atoms with van der Waals surface area (Å²) in [6.07, 6.45) is 3.17. The van der Waals surface area contributed by atoms with Gasteiger partial charge in [0.1, 0.15) is 10.7 Å². The van der Waals surface area contributed by atoms with Crippen LogP contribution >= 0.6 is 11.3 Å². The van der Waals surface area contributed by atoms with Crippen molar-refractivity contribution < 1.29 is 9.59 Å². The van der Waals surface area contributed by atoms with E-state index in [0.717, 1.165) is 42.9 Å². The number of benzene rings is 2. The Morgan fingerprint density at radius 2 is 1.86 bits per heavy atom. The summed E-state index contributed by atoms with van der Waals surface area (Å²) in [6.45, 7) is 3.10. The Bertz CT molecular complexity index is 1010. The molecule has 0 N–H and O–H groups in total. The molecule has 4 nitrogen and oxygen atoms in total. The average Bonchev–Trinajstić information content (AvgIpc) is 3.24. The van der Waals surface area contributed by atoms with Crippen LogP contribution in [-0.2, 0) is 6.42 Å². The Hall–Kier alpha value is -2.79. The SMILES string of the molecule is CC(=O)c1ccccc1-c1nc(C(=O)N2CCCC(Cc3ccccc3)C2)cs1. The number of amides is 1. The van der Waals surface area contributed by atoms with Crippen molar-refractivity contribution in [3.8, 4) is 10.6 Å². The third-order valence-electron chi connectivity index (χ3n) is 5.43. The van der Waals surface area contributed by atoms with E-state index in [-0.39, 0.29) is 11.7 Å². The summed E-state index contributed by atoms with van der Waals surface area (Å²) in [5, 5.41) is 2.53. The summed E-state index contributed by atoms with van der Waals surface area (Å²) in [5.41, 5.74) is 3.23. The van der Waals surface area contributed by atoms with E-state index < -0.39 is 0 Å². The second-order valence-corrected chi connectivity index (χ2v) is 8.45. The number of carbonyl (C=O) groups is 2. The first-order valence-corrected chi connectivity index (χ1v) is 10.9. The van der Waals surface area contributed by atoms with Crippen LogP contribution in [0.2, 0.25) is 0 Å². The Labute approximate surface area is 175 Å². The van der Waals surface area contributed by atoms with Gasteiger partial charge in [0.25, 0.3) is 5.91 Å². The molecule has 4 rings (SSSR count). The second kappa shape index (κ2) is 8.70. The molecule has 1 aliphatic heterocycles. The summed E-state index contributed by atoms with van der Waals surface area (Å²) in [6, 6.07) is 17.9. The van der Waals surface area contributed by atoms with E-state index in [1.54, 1.807) is 13.0 Å². The van der Waals surface area contributed by atoms with Crippen molar-refractivity contribution in [2.45, 2.75) is 26.2 Å². The summed E-state index contributed by atoms with van der Waals surface area (Å²) in [5.74, 6) is 0.473. The average molecular weight is 405 g/mol. The zero-order valence-electron chi connectivity index (χ0n) is 16.5. The van der Waals surface area contributed by atoms with Gasteiger partial charge >= 0.3 is 0 Å². The molecule has 0 bridgehead atoms. The molecule has 1 aliphatic rings. The minimum Gasteiger partial charge on any atom is -0.337 e. The fraction of sp³-hybridized carbons (Fsp3) is 0.292. The van der Waals surface area contributed by atoms with E-state index >= 15 is 0 Å². The van der Waals surface area contributed by atoms with Gasteiger partial charge in [-0.2, -0.15) is 0 Å². The molecule has 0 radical (unpaired) electrons. The van der Waals surface area contributed by atoms with Crippen LogP contribution in [0.5, 0.6) is 0 Å². The van der Waals surface area contributed by atoms with Gasteiger partial charge in [-0.25, -0.2) is 4.98 Å². The number of thiazole rings is 1. The van der Waals surface area contributed by atoms with E-state index in [9.17, 15) is 9.59 Å². The van der Waals surface area contributed by atoms with Gasteiger partial charge in [0.15, 0.2) is 5.78 Å². The van der Waals surface area contributed by atoms with Crippen LogP contribution in [0.1, 0.15) is 46.2 Å². The van der Waals surface area contributed by atoms with Crippen molar-refractivity contribution >= 4 is 23.0 Å². The monoisotopic (exact) mass is 404 g/mol. The highest BCUT2D eigenvalue weighted by Gasteiger charge is 2.26. The molecular formula is C24H24N2O2S. The van der Waals surface area contributed by atoms with Crippen molar-refractivity contribution in [1.82, 2.24) is 9.88 Å². The first kappa shape index (κ1) is 19.5. The van der Waals surface area contributed by atoms with Gasteiger partial charge in [-0.15, -0.1) is 11.3 Å². The molecule has 148 valence electrons. The van der Waals surface area contributed by atoms with Gasteiger partial charge in [-0.1, -0.05) is 54.6 Å². The molecule has 2 heterocycles. The van der Waals surface area contributed by atoms with Gasteiger partial charge in [0.05, 0.1) is 0 Å². The molecule has 3 aromatic rings. The lowest BCUT2D eigenvalue weighted by Gasteiger charge is -2.32. The third kappa shape index (κ3) is 4.46. The normalized spacial score (nSPS) is 16.6. The van der Waals surface area contributed by atoms with Crippen LogP contribution in [0.4, 0.5) is 0 Å². The van der Waals surface area contributed by atoms with Crippen LogP contribution in [0.15, 0.2) is 60.0 Å². The van der Waals surface area contributed by atoms with Crippen molar-refractivity contribution in [3.05, 3.63) is 76.8 Å². The summed E-state index contributed by atoms with van der Waals surface area (Å²) < 4.78 is 0. The number of nitrogens with zero attached hydrogens (tertiary/aromatic N) is 2. The Morgan fingerprint density at radius 3 is 2.66 bits per heavy atom. The van der Waals surface area contributed by atoms with E-state index in [2.05, 4.69) is 29.2 Å². The minimum absolute atomic E-state index is 0.00320. The highest BCUT2D eigenvalue weighted by Crippen LogP contribution is 2.29. The van der Waals surface area contributed by atoms with E-state index in [1.165, 1.54) is 16.9 Å². The van der Waals surface area contributed by atoms with Gasteiger partial charge < -0.3 is 4.90 Å². The number of piperidine rings is 1. The summed E-state index contributed by atoms with van der Waals surface area (Å²) >= 11 is 1.42. The lowest BCUT2D eigenvalue weighted by atomic mass is 9.91. The van der Waals surface area contributed by atoms with Crippen molar-refractivity contribution in [3.63, 3.8) is 0 Å². The first-order chi connectivity index (χ1) is 14.1. The number of likely N-dealkylation sites (tertiary alicyclic amines) is 1. The van der Waals surface area contributed by atoms with Crippen molar-refractivity contribution in [2.75, 3.05) is 13.1 Å². The number of aromatic nitrogens is 1. The second-order valence-electron chi connectivity index (χ2n) is 7.59. The number of ketones is 1. The molecule has 5 heteroatoms. The van der Waals surface area contributed by atoms with E-state index in [4.69, 9.17) is 0 Å². The molecule has 0 saturated carbocycles. The topological polar surface area (TPSA) is 50.3 Å². The number of hydrogen-bond acceptors (Lipinski definition) is 4.